The first-order chi connectivity index (χ1) is 14.1. The quantitative estimate of drug-likeness (QED) is 0.642. The van der Waals surface area contributed by atoms with Crippen LogP contribution in [-0.4, -0.2) is 22.5 Å². The van der Waals surface area contributed by atoms with Gasteiger partial charge in [0.25, 0.3) is 5.91 Å². The molecule has 0 spiro atoms. The number of hydrogen-bond donors (Lipinski definition) is 2. The summed E-state index contributed by atoms with van der Waals surface area (Å²) >= 11 is 0. The zero-order valence-corrected chi connectivity index (χ0v) is 15.7. The van der Waals surface area contributed by atoms with Crippen LogP contribution in [0.2, 0.25) is 0 Å². The lowest BCUT2D eigenvalue weighted by Crippen LogP contribution is -2.44. The summed E-state index contributed by atoms with van der Waals surface area (Å²) in [6, 6.07) is 25.9. The van der Waals surface area contributed by atoms with E-state index in [1.165, 1.54) is 0 Å². The maximum absolute atomic E-state index is 12.7. The van der Waals surface area contributed by atoms with Crippen molar-refractivity contribution in [2.24, 2.45) is 0 Å². The molecule has 1 amide bonds. The maximum atomic E-state index is 12.7. The zero-order chi connectivity index (χ0) is 20.3. The smallest absolute Gasteiger partial charge is 0.330 e. The van der Waals surface area contributed by atoms with Crippen molar-refractivity contribution >= 4 is 11.9 Å². The monoisotopic (exact) mass is 387 g/mol. The number of benzene rings is 3. The van der Waals surface area contributed by atoms with Crippen LogP contribution in [0.5, 0.6) is 5.75 Å². The van der Waals surface area contributed by atoms with E-state index in [1.54, 1.807) is 24.3 Å². The van der Waals surface area contributed by atoms with Gasteiger partial charge in [-0.15, -0.1) is 0 Å². The molecule has 2 atom stereocenters. The molecule has 1 aliphatic carbocycles. The van der Waals surface area contributed by atoms with Gasteiger partial charge in [-0.25, -0.2) is 4.79 Å². The first-order valence-electron chi connectivity index (χ1n) is 9.46. The van der Waals surface area contributed by atoms with E-state index < -0.39 is 17.4 Å². The van der Waals surface area contributed by atoms with Gasteiger partial charge in [-0.2, -0.15) is 0 Å². The number of carboxylic acid groups (broad SMARTS) is 1. The van der Waals surface area contributed by atoms with Crippen molar-refractivity contribution in [1.29, 1.82) is 0 Å². The third kappa shape index (κ3) is 3.99. The summed E-state index contributed by atoms with van der Waals surface area (Å²) in [5.41, 5.74) is 1.12. The van der Waals surface area contributed by atoms with Crippen LogP contribution in [0.25, 0.3) is 0 Å². The van der Waals surface area contributed by atoms with Gasteiger partial charge in [0.05, 0.1) is 0 Å². The molecule has 146 valence electrons. The van der Waals surface area contributed by atoms with Crippen molar-refractivity contribution in [1.82, 2.24) is 5.32 Å². The lowest BCUT2D eigenvalue weighted by Gasteiger charge is -2.15. The van der Waals surface area contributed by atoms with Crippen LogP contribution >= 0.6 is 0 Å². The van der Waals surface area contributed by atoms with E-state index in [-0.39, 0.29) is 5.92 Å². The van der Waals surface area contributed by atoms with E-state index in [2.05, 4.69) is 5.32 Å². The molecule has 29 heavy (non-hydrogen) atoms. The zero-order valence-electron chi connectivity index (χ0n) is 15.7. The average Bonchev–Trinajstić information content (AvgIpc) is 3.49. The van der Waals surface area contributed by atoms with E-state index in [4.69, 9.17) is 4.74 Å². The molecule has 3 aromatic carbocycles. The predicted molar refractivity (Wildman–Crippen MR) is 109 cm³/mol. The third-order valence-electron chi connectivity index (χ3n) is 5.25. The Morgan fingerprint density at radius 1 is 0.931 bits per heavy atom. The van der Waals surface area contributed by atoms with Gasteiger partial charge in [0, 0.05) is 11.5 Å². The summed E-state index contributed by atoms with van der Waals surface area (Å²) in [5, 5.41) is 12.4. The standard InChI is InChI=1S/C24H21NO4/c26-22(25-24(23(27)28)15-21(24)18-9-5-2-6-10-18)19-11-13-20(14-12-19)29-16-17-7-3-1-4-8-17/h1-14,21H,15-16H2,(H,25,26)(H,27,28). The fourth-order valence-corrected chi connectivity index (χ4v) is 3.50. The minimum atomic E-state index is -1.25. The van der Waals surface area contributed by atoms with Crippen molar-refractivity contribution in [2.75, 3.05) is 0 Å². The molecular weight excluding hydrogens is 366 g/mol. The highest BCUT2D eigenvalue weighted by molar-refractivity contribution is 5.99. The molecule has 0 heterocycles. The predicted octanol–water partition coefficient (Wildman–Crippen LogP) is 4.01. The molecule has 2 unspecified atom stereocenters. The van der Waals surface area contributed by atoms with Crippen LogP contribution in [0, 0.1) is 0 Å². The number of aliphatic carboxylic acids is 1. The van der Waals surface area contributed by atoms with Gasteiger partial charge < -0.3 is 15.2 Å². The number of hydrogen-bond acceptors (Lipinski definition) is 3. The Kier molecular flexibility index (Phi) is 5.04. The number of ether oxygens (including phenoxy) is 1. The largest absolute Gasteiger partial charge is 0.489 e. The van der Waals surface area contributed by atoms with Crippen molar-refractivity contribution in [3.63, 3.8) is 0 Å². The Bertz CT molecular complexity index is 1000. The Balaban J connectivity index is 1.41. The Labute approximate surface area is 169 Å². The van der Waals surface area contributed by atoms with Crippen molar-refractivity contribution in [2.45, 2.75) is 24.5 Å². The van der Waals surface area contributed by atoms with Gasteiger partial charge in [-0.1, -0.05) is 60.7 Å². The second kappa shape index (κ2) is 7.80. The number of carbonyl (C=O) groups is 2. The second-order valence-corrected chi connectivity index (χ2v) is 7.20. The summed E-state index contributed by atoms with van der Waals surface area (Å²) in [5.74, 6) is -0.992. The van der Waals surface area contributed by atoms with Crippen LogP contribution in [0.15, 0.2) is 84.9 Å². The third-order valence-corrected chi connectivity index (χ3v) is 5.25. The molecule has 3 aromatic rings. The fourth-order valence-electron chi connectivity index (χ4n) is 3.50. The van der Waals surface area contributed by atoms with Gasteiger partial charge in [0.15, 0.2) is 0 Å². The highest BCUT2D eigenvalue weighted by atomic mass is 16.5. The van der Waals surface area contributed by atoms with E-state index in [0.717, 1.165) is 11.1 Å². The summed E-state index contributed by atoms with van der Waals surface area (Å²) < 4.78 is 5.73. The normalized spacial score (nSPS) is 19.9. The highest BCUT2D eigenvalue weighted by Crippen LogP contribution is 2.51. The topological polar surface area (TPSA) is 75.6 Å². The van der Waals surface area contributed by atoms with Gasteiger partial charge in [0.1, 0.15) is 17.9 Å². The molecule has 4 rings (SSSR count). The molecule has 5 nitrogen and oxygen atoms in total. The van der Waals surface area contributed by atoms with Crippen LogP contribution in [0.4, 0.5) is 0 Å². The molecule has 0 aliphatic heterocycles. The van der Waals surface area contributed by atoms with Crippen molar-refractivity contribution < 1.29 is 19.4 Å². The number of carbonyl (C=O) groups excluding carboxylic acids is 1. The Morgan fingerprint density at radius 2 is 1.55 bits per heavy atom. The van der Waals surface area contributed by atoms with Gasteiger partial charge >= 0.3 is 5.97 Å². The summed E-state index contributed by atoms with van der Waals surface area (Å²) in [6.45, 7) is 0.438. The Morgan fingerprint density at radius 3 is 2.17 bits per heavy atom. The van der Waals surface area contributed by atoms with E-state index in [9.17, 15) is 14.7 Å². The van der Waals surface area contributed by atoms with Gasteiger partial charge in [0.2, 0.25) is 0 Å². The van der Waals surface area contributed by atoms with Crippen molar-refractivity contribution in [3.05, 3.63) is 102 Å². The maximum Gasteiger partial charge on any atom is 0.330 e. The molecule has 1 aliphatic rings. The second-order valence-electron chi connectivity index (χ2n) is 7.20. The molecule has 0 aromatic heterocycles. The first-order valence-corrected chi connectivity index (χ1v) is 9.46. The SMILES string of the molecule is O=C(NC1(C(=O)O)CC1c1ccccc1)c1ccc(OCc2ccccc2)cc1. The lowest BCUT2D eigenvalue weighted by atomic mass is 10.1. The molecule has 0 radical (unpaired) electrons. The minimum Gasteiger partial charge on any atom is -0.489 e. The molecular formula is C24H21NO4. The highest BCUT2D eigenvalue weighted by Gasteiger charge is 2.62. The molecule has 5 heteroatoms. The molecule has 0 saturated heterocycles. The van der Waals surface area contributed by atoms with Crippen LogP contribution in [0.3, 0.4) is 0 Å². The van der Waals surface area contributed by atoms with Gasteiger partial charge in [-0.05, 0) is 41.8 Å². The van der Waals surface area contributed by atoms with E-state index >= 15 is 0 Å². The average molecular weight is 387 g/mol. The van der Waals surface area contributed by atoms with Crippen molar-refractivity contribution in [3.8, 4) is 5.75 Å². The Hall–Kier alpha value is -3.60. The van der Waals surface area contributed by atoms with Crippen LogP contribution in [0.1, 0.15) is 33.8 Å². The number of rotatable bonds is 7. The summed E-state index contributed by atoms with van der Waals surface area (Å²) in [6.07, 6.45) is 0.385. The van der Waals surface area contributed by atoms with E-state index in [1.807, 2.05) is 60.7 Å². The number of amides is 1. The van der Waals surface area contributed by atoms with Crippen LogP contribution < -0.4 is 10.1 Å². The minimum absolute atomic E-state index is 0.223. The molecule has 0 bridgehead atoms. The summed E-state index contributed by atoms with van der Waals surface area (Å²) in [4.78, 5) is 24.5. The number of nitrogens with one attached hydrogen (secondary N) is 1. The van der Waals surface area contributed by atoms with E-state index in [0.29, 0.717) is 24.3 Å². The lowest BCUT2D eigenvalue weighted by molar-refractivity contribution is -0.140. The van der Waals surface area contributed by atoms with Crippen LogP contribution in [-0.2, 0) is 11.4 Å². The molecule has 1 saturated carbocycles. The molecule has 2 N–H and O–H groups in total. The molecule has 1 fully saturated rings. The fraction of sp³-hybridized carbons (Fsp3) is 0.167. The first kappa shape index (κ1) is 18.7. The number of carboxylic acids is 1. The van der Waals surface area contributed by atoms with Gasteiger partial charge in [-0.3, -0.25) is 4.79 Å². The summed E-state index contributed by atoms with van der Waals surface area (Å²) in [7, 11) is 0.